The van der Waals surface area contributed by atoms with Crippen molar-refractivity contribution < 1.29 is 27.9 Å². The van der Waals surface area contributed by atoms with E-state index in [1.54, 1.807) is 11.3 Å². The zero-order valence-electron chi connectivity index (χ0n) is 20.4. The van der Waals surface area contributed by atoms with Gasteiger partial charge in [0.05, 0.1) is 26.5 Å². The number of halogens is 3. The normalized spacial score (nSPS) is 20.1. The molecule has 2 aliphatic heterocycles. The molecular weight excluding hydrogens is 505 g/mol. The number of nitrogens with zero attached hydrogens (tertiary/aromatic N) is 4. The Morgan fingerprint density at radius 2 is 1.84 bits per heavy atom. The lowest BCUT2D eigenvalue weighted by atomic mass is 10.0. The molecule has 2 atom stereocenters. The number of β-amino-alcohol motifs (C(OH)–C–C–N with tert-alkyl or cyclic N) is 1. The number of fused-ring (bicyclic) bond motifs is 1. The number of alkyl halides is 3. The first-order valence-corrected chi connectivity index (χ1v) is 13.1. The number of thiazole rings is 1. The maximum Gasteiger partial charge on any atom is 0.416 e. The van der Waals surface area contributed by atoms with Gasteiger partial charge < -0.3 is 14.7 Å². The number of aliphatic hydroxyl groups is 1. The summed E-state index contributed by atoms with van der Waals surface area (Å²) in [7, 11) is 0. The van der Waals surface area contributed by atoms with Crippen molar-refractivity contribution in [3.05, 3.63) is 58.6 Å². The Balaban J connectivity index is 1.02. The number of hydrogen-bond donors (Lipinski definition) is 1. The van der Waals surface area contributed by atoms with Crippen LogP contribution in [0.3, 0.4) is 0 Å². The number of benzene rings is 2. The summed E-state index contributed by atoms with van der Waals surface area (Å²) in [5, 5.41) is 15.6. The monoisotopic (exact) mass is 534 g/mol. The Bertz CT molecular complexity index is 1240. The maximum atomic E-state index is 12.8. The van der Waals surface area contributed by atoms with Crippen LogP contribution >= 0.6 is 11.3 Å². The number of aromatic nitrogens is 1. The topological polar surface area (TPSA) is 70.4 Å². The largest absolute Gasteiger partial charge is 0.491 e. The van der Waals surface area contributed by atoms with E-state index < -0.39 is 17.8 Å². The highest BCUT2D eigenvalue weighted by molar-refractivity contribution is 7.18. The van der Waals surface area contributed by atoms with Crippen LogP contribution in [0.1, 0.15) is 22.6 Å². The molecule has 11 heteroatoms. The molecule has 3 aromatic rings. The van der Waals surface area contributed by atoms with Crippen molar-refractivity contribution in [2.24, 2.45) is 5.16 Å². The average Bonchev–Trinajstić information content (AvgIpc) is 3.49. The number of piperazine rings is 1. The molecule has 0 saturated carbocycles. The number of ether oxygens (including phenoxy) is 1. The van der Waals surface area contributed by atoms with Gasteiger partial charge in [0.15, 0.2) is 0 Å². The van der Waals surface area contributed by atoms with Crippen LogP contribution in [0.15, 0.2) is 47.6 Å². The lowest BCUT2D eigenvalue weighted by Gasteiger charge is -2.36. The second-order valence-corrected chi connectivity index (χ2v) is 10.7. The van der Waals surface area contributed by atoms with E-state index in [1.807, 2.05) is 25.1 Å². The summed E-state index contributed by atoms with van der Waals surface area (Å²) in [6.07, 6.45) is -4.51. The highest BCUT2D eigenvalue weighted by Gasteiger charge is 2.31. The molecule has 1 fully saturated rings. The fourth-order valence-electron chi connectivity index (χ4n) is 4.65. The van der Waals surface area contributed by atoms with E-state index in [9.17, 15) is 18.3 Å². The Hall–Kier alpha value is -2.73. The van der Waals surface area contributed by atoms with Crippen LogP contribution in [0.2, 0.25) is 0 Å². The molecule has 1 N–H and O–H groups in total. The fourth-order valence-corrected chi connectivity index (χ4v) is 5.45. The molecule has 7 nitrogen and oxygen atoms in total. The predicted molar refractivity (Wildman–Crippen MR) is 136 cm³/mol. The molecule has 2 aliphatic rings. The number of aliphatic hydroxyl groups excluding tert-OH is 1. The van der Waals surface area contributed by atoms with Crippen LogP contribution in [0, 0.1) is 6.92 Å². The average molecular weight is 535 g/mol. The minimum Gasteiger partial charge on any atom is -0.491 e. The molecule has 2 unspecified atom stereocenters. The molecule has 3 heterocycles. The van der Waals surface area contributed by atoms with E-state index in [-0.39, 0.29) is 12.7 Å². The zero-order chi connectivity index (χ0) is 26.0. The zero-order valence-corrected chi connectivity index (χ0v) is 21.3. The highest BCUT2D eigenvalue weighted by atomic mass is 32.1. The van der Waals surface area contributed by atoms with Crippen molar-refractivity contribution in [2.45, 2.75) is 31.7 Å². The smallest absolute Gasteiger partial charge is 0.416 e. The summed E-state index contributed by atoms with van der Waals surface area (Å²) in [6.45, 7) is 6.74. The van der Waals surface area contributed by atoms with Crippen LogP contribution in [0.25, 0.3) is 10.2 Å². The highest BCUT2D eigenvalue weighted by Crippen LogP contribution is 2.30. The van der Waals surface area contributed by atoms with Gasteiger partial charge in [-0.1, -0.05) is 17.3 Å². The van der Waals surface area contributed by atoms with Gasteiger partial charge in [0.25, 0.3) is 0 Å². The van der Waals surface area contributed by atoms with E-state index in [2.05, 4.69) is 19.9 Å². The molecule has 0 aliphatic carbocycles. The van der Waals surface area contributed by atoms with Crippen LogP contribution in [-0.2, 0) is 11.0 Å². The third kappa shape index (κ3) is 6.59. The number of hydrogen-bond acceptors (Lipinski definition) is 8. The lowest BCUT2D eigenvalue weighted by molar-refractivity contribution is -0.137. The molecule has 0 amide bonds. The first-order valence-electron chi connectivity index (χ1n) is 12.3. The van der Waals surface area contributed by atoms with E-state index in [0.29, 0.717) is 36.5 Å². The molecule has 2 aromatic carbocycles. The van der Waals surface area contributed by atoms with Gasteiger partial charge in [0.2, 0.25) is 0 Å². The molecule has 0 bridgehead atoms. The molecular formula is C26H29F3N4O3S. The van der Waals surface area contributed by atoms with Crippen molar-refractivity contribution in [3.8, 4) is 5.75 Å². The summed E-state index contributed by atoms with van der Waals surface area (Å²) in [4.78, 5) is 14.6. The van der Waals surface area contributed by atoms with E-state index >= 15 is 0 Å². The molecule has 1 saturated heterocycles. The minimum atomic E-state index is -4.35. The molecule has 5 rings (SSSR count). The Morgan fingerprint density at radius 1 is 1.11 bits per heavy atom. The summed E-state index contributed by atoms with van der Waals surface area (Å²) in [5.74, 6) is 0.705. The van der Waals surface area contributed by atoms with Gasteiger partial charge in [-0.3, -0.25) is 9.80 Å². The van der Waals surface area contributed by atoms with Crippen LogP contribution in [-0.4, -0.2) is 83.7 Å². The Morgan fingerprint density at radius 3 is 2.57 bits per heavy atom. The van der Waals surface area contributed by atoms with Crippen LogP contribution < -0.4 is 4.74 Å². The predicted octanol–water partition coefficient (Wildman–Crippen LogP) is 4.17. The molecule has 0 radical (unpaired) electrons. The Labute approximate surface area is 217 Å². The Kier molecular flexibility index (Phi) is 7.66. The molecule has 198 valence electrons. The van der Waals surface area contributed by atoms with Crippen molar-refractivity contribution in [2.75, 3.05) is 45.9 Å². The van der Waals surface area contributed by atoms with E-state index in [4.69, 9.17) is 9.57 Å². The standard InChI is InChI=1S/C26H29F3N4O3S/c1-17-30-24-12-21(6-7-25(24)37-17)35-16-20(34)14-32-8-10-33(11-9-32)15-22-13-23(31-36-22)18-2-4-19(5-3-18)26(27,28)29/h2-7,12,20,22,34H,8-11,13-16H2,1H3. The van der Waals surface area contributed by atoms with Gasteiger partial charge in [-0.25, -0.2) is 4.98 Å². The van der Waals surface area contributed by atoms with Crippen molar-refractivity contribution >= 4 is 27.3 Å². The third-order valence-electron chi connectivity index (χ3n) is 6.58. The van der Waals surface area contributed by atoms with Crippen molar-refractivity contribution in [1.82, 2.24) is 14.8 Å². The second kappa shape index (κ2) is 10.9. The van der Waals surface area contributed by atoms with Crippen molar-refractivity contribution in [1.29, 1.82) is 0 Å². The molecule has 0 spiro atoms. The summed E-state index contributed by atoms with van der Waals surface area (Å²) in [6, 6.07) is 10.8. The minimum absolute atomic E-state index is 0.123. The number of oxime groups is 1. The third-order valence-corrected chi connectivity index (χ3v) is 7.53. The fraction of sp³-hybridized carbons (Fsp3) is 0.462. The number of aryl methyl sites for hydroxylation is 1. The molecule has 1 aromatic heterocycles. The first kappa shape index (κ1) is 25.9. The molecule has 37 heavy (non-hydrogen) atoms. The van der Waals surface area contributed by atoms with Gasteiger partial charge in [-0.05, 0) is 36.8 Å². The van der Waals surface area contributed by atoms with E-state index in [0.717, 1.165) is 53.5 Å². The summed E-state index contributed by atoms with van der Waals surface area (Å²) >= 11 is 1.64. The second-order valence-electron chi connectivity index (χ2n) is 9.47. The van der Waals surface area contributed by atoms with Crippen LogP contribution in [0.4, 0.5) is 13.2 Å². The van der Waals surface area contributed by atoms with Gasteiger partial charge in [0, 0.05) is 51.8 Å². The summed E-state index contributed by atoms with van der Waals surface area (Å²) < 4.78 is 45.3. The quantitative estimate of drug-likeness (QED) is 0.468. The first-order chi connectivity index (χ1) is 17.7. The maximum absolute atomic E-state index is 12.8. The van der Waals surface area contributed by atoms with E-state index in [1.165, 1.54) is 12.1 Å². The summed E-state index contributed by atoms with van der Waals surface area (Å²) in [5.41, 5.74) is 1.56. The van der Waals surface area contributed by atoms with Gasteiger partial charge in [-0.15, -0.1) is 11.3 Å². The van der Waals surface area contributed by atoms with Gasteiger partial charge in [-0.2, -0.15) is 13.2 Å². The number of rotatable bonds is 8. The van der Waals surface area contributed by atoms with Crippen molar-refractivity contribution in [3.63, 3.8) is 0 Å². The SMILES string of the molecule is Cc1nc2cc(OCC(O)CN3CCN(CC4CC(c5ccc(C(F)(F)F)cc5)=NO4)CC3)ccc2s1. The van der Waals surface area contributed by atoms with Crippen LogP contribution in [0.5, 0.6) is 5.75 Å². The van der Waals surface area contributed by atoms with Gasteiger partial charge in [0.1, 0.15) is 24.6 Å². The van der Waals surface area contributed by atoms with Gasteiger partial charge >= 0.3 is 6.18 Å². The lowest BCUT2D eigenvalue weighted by Crippen LogP contribution is -2.50.